The van der Waals surface area contributed by atoms with Gasteiger partial charge < -0.3 is 10.2 Å². The largest absolute Gasteiger partial charge is 0.445 e. The number of nitrogen functional groups attached to an aromatic ring is 1. The summed E-state index contributed by atoms with van der Waals surface area (Å²) in [5.74, 6) is 2.23. The summed E-state index contributed by atoms with van der Waals surface area (Å²) in [5.41, 5.74) is 6.40. The first-order valence-electron chi connectivity index (χ1n) is 4.30. The number of hydrogen-bond acceptors (Lipinski definition) is 7. The van der Waals surface area contributed by atoms with Crippen LogP contribution in [0.25, 0.3) is 0 Å². The number of thioether (sulfide) groups is 1. The van der Waals surface area contributed by atoms with E-state index in [1.165, 1.54) is 23.1 Å². The lowest BCUT2D eigenvalue weighted by atomic mass is 10.4. The van der Waals surface area contributed by atoms with Crippen molar-refractivity contribution in [3.63, 3.8) is 0 Å². The van der Waals surface area contributed by atoms with Crippen LogP contribution in [0.4, 0.5) is 5.13 Å². The minimum atomic E-state index is 0.484. The zero-order valence-corrected chi connectivity index (χ0v) is 9.98. The third kappa shape index (κ3) is 2.48. The summed E-state index contributed by atoms with van der Waals surface area (Å²) < 4.78 is 6.27. The molecule has 2 aromatic heterocycles. The predicted octanol–water partition coefficient (Wildman–Crippen LogP) is 2.02. The van der Waals surface area contributed by atoms with Gasteiger partial charge in [-0.25, -0.2) is 4.98 Å². The van der Waals surface area contributed by atoms with Crippen molar-refractivity contribution < 1.29 is 4.42 Å². The smallest absolute Gasteiger partial charge is 0.205 e. The Labute approximate surface area is 95.1 Å². The number of hydrogen-bond donors (Lipinski definition) is 1. The van der Waals surface area contributed by atoms with E-state index < -0.39 is 0 Å². The monoisotopic (exact) mass is 242 g/mol. The number of nitrogens with zero attached hydrogens (tertiary/aromatic N) is 3. The fraction of sp³-hybridized carbons (Fsp3) is 0.375. The van der Waals surface area contributed by atoms with Crippen molar-refractivity contribution in [2.45, 2.75) is 23.9 Å². The maximum atomic E-state index is 5.47. The number of aromatic nitrogens is 3. The Hall–Kier alpha value is -1.08. The molecular formula is C8H10N4OS2. The summed E-state index contributed by atoms with van der Waals surface area (Å²) >= 11 is 2.89. The van der Waals surface area contributed by atoms with Gasteiger partial charge in [0.15, 0.2) is 4.34 Å². The van der Waals surface area contributed by atoms with Crippen LogP contribution in [-0.4, -0.2) is 15.2 Å². The lowest BCUT2D eigenvalue weighted by molar-refractivity contribution is 0.489. The van der Waals surface area contributed by atoms with E-state index in [9.17, 15) is 0 Å². The maximum Gasteiger partial charge on any atom is 0.205 e. The number of anilines is 1. The van der Waals surface area contributed by atoms with Crippen LogP contribution in [-0.2, 0) is 5.75 Å². The first-order chi connectivity index (χ1) is 7.15. The zero-order valence-electron chi connectivity index (χ0n) is 8.35. The summed E-state index contributed by atoms with van der Waals surface area (Å²) in [4.78, 5) is 4.27. The normalized spacial score (nSPS) is 10.8. The minimum absolute atomic E-state index is 0.484. The SMILES string of the molecule is Cc1nc(CSc2nnc(N)s2)oc1C. The highest BCUT2D eigenvalue weighted by atomic mass is 32.2. The highest BCUT2D eigenvalue weighted by molar-refractivity contribution is 8.00. The molecule has 0 aliphatic carbocycles. The number of aryl methyl sites for hydroxylation is 2. The van der Waals surface area contributed by atoms with E-state index in [2.05, 4.69) is 15.2 Å². The number of nitrogens with two attached hydrogens (primary N) is 1. The van der Waals surface area contributed by atoms with Crippen LogP contribution < -0.4 is 5.73 Å². The molecule has 0 atom stereocenters. The van der Waals surface area contributed by atoms with Crippen LogP contribution in [0.3, 0.4) is 0 Å². The van der Waals surface area contributed by atoms with Crippen molar-refractivity contribution in [3.05, 3.63) is 17.3 Å². The Kier molecular flexibility index (Phi) is 2.92. The summed E-state index contributed by atoms with van der Waals surface area (Å²) in [6.45, 7) is 3.83. The van der Waals surface area contributed by atoms with E-state index in [0.717, 1.165) is 15.8 Å². The van der Waals surface area contributed by atoms with Crippen LogP contribution >= 0.6 is 23.1 Å². The topological polar surface area (TPSA) is 77.8 Å². The summed E-state index contributed by atoms with van der Waals surface area (Å²) in [6.07, 6.45) is 0. The second kappa shape index (κ2) is 4.19. The molecule has 0 aliphatic heterocycles. The summed E-state index contributed by atoms with van der Waals surface area (Å²) in [5, 5.41) is 8.11. The Balaban J connectivity index is 1.99. The third-order valence-corrected chi connectivity index (χ3v) is 3.68. The van der Waals surface area contributed by atoms with Gasteiger partial charge in [-0.3, -0.25) is 0 Å². The molecule has 0 radical (unpaired) electrons. The second-order valence-electron chi connectivity index (χ2n) is 2.94. The Bertz CT molecular complexity index is 445. The quantitative estimate of drug-likeness (QED) is 0.830. The van der Waals surface area contributed by atoms with Crippen molar-refractivity contribution in [1.82, 2.24) is 15.2 Å². The van der Waals surface area contributed by atoms with E-state index in [4.69, 9.17) is 10.2 Å². The maximum absolute atomic E-state index is 5.47. The third-order valence-electron chi connectivity index (χ3n) is 1.81. The van der Waals surface area contributed by atoms with Crippen molar-refractivity contribution in [2.75, 3.05) is 5.73 Å². The molecule has 2 rings (SSSR count). The molecule has 0 fully saturated rings. The van der Waals surface area contributed by atoms with Gasteiger partial charge in [-0.05, 0) is 13.8 Å². The molecule has 5 nitrogen and oxygen atoms in total. The molecule has 2 heterocycles. The van der Waals surface area contributed by atoms with Gasteiger partial charge in [-0.2, -0.15) is 0 Å². The predicted molar refractivity (Wildman–Crippen MR) is 59.9 cm³/mol. The molecule has 0 saturated heterocycles. The standard InChI is InChI=1S/C8H10N4OS2/c1-4-5(2)13-6(10-4)3-14-8-12-11-7(9)15-8/h3H2,1-2H3,(H2,9,11). The van der Waals surface area contributed by atoms with E-state index in [1.807, 2.05) is 13.8 Å². The fourth-order valence-electron chi connectivity index (χ4n) is 1.00. The van der Waals surface area contributed by atoms with Crippen LogP contribution in [0.1, 0.15) is 17.3 Å². The number of oxazole rings is 1. The average Bonchev–Trinajstić information content (AvgIpc) is 2.72. The highest BCUT2D eigenvalue weighted by Crippen LogP contribution is 2.26. The summed E-state index contributed by atoms with van der Waals surface area (Å²) in [7, 11) is 0. The first kappa shape index (κ1) is 10.4. The van der Waals surface area contributed by atoms with Gasteiger partial charge in [0.05, 0.1) is 11.4 Å². The molecule has 0 unspecified atom stereocenters. The van der Waals surface area contributed by atoms with Crippen molar-refractivity contribution in [1.29, 1.82) is 0 Å². The Morgan fingerprint density at radius 3 is 2.73 bits per heavy atom. The zero-order chi connectivity index (χ0) is 10.8. The van der Waals surface area contributed by atoms with E-state index >= 15 is 0 Å². The average molecular weight is 242 g/mol. The molecule has 7 heteroatoms. The molecule has 0 bridgehead atoms. The van der Waals surface area contributed by atoms with Crippen molar-refractivity contribution in [2.24, 2.45) is 0 Å². The first-order valence-corrected chi connectivity index (χ1v) is 6.10. The van der Waals surface area contributed by atoms with Gasteiger partial charge >= 0.3 is 0 Å². The highest BCUT2D eigenvalue weighted by Gasteiger charge is 2.08. The molecule has 0 aliphatic rings. The van der Waals surface area contributed by atoms with E-state index in [0.29, 0.717) is 16.8 Å². The molecule has 0 aromatic carbocycles. The Morgan fingerprint density at radius 2 is 2.20 bits per heavy atom. The fourth-order valence-corrected chi connectivity index (χ4v) is 2.48. The van der Waals surface area contributed by atoms with Crippen molar-refractivity contribution in [3.8, 4) is 0 Å². The summed E-state index contributed by atoms with van der Waals surface area (Å²) in [6, 6.07) is 0. The lowest BCUT2D eigenvalue weighted by Crippen LogP contribution is -1.81. The molecule has 2 N–H and O–H groups in total. The Morgan fingerprint density at radius 1 is 1.40 bits per heavy atom. The van der Waals surface area contributed by atoms with Crippen molar-refractivity contribution >= 4 is 28.2 Å². The van der Waals surface area contributed by atoms with Crippen LogP contribution in [0.15, 0.2) is 8.76 Å². The molecule has 15 heavy (non-hydrogen) atoms. The molecule has 0 spiro atoms. The molecule has 0 saturated carbocycles. The number of rotatable bonds is 3. The van der Waals surface area contributed by atoms with E-state index in [1.54, 1.807) is 0 Å². The molecule has 2 aromatic rings. The molecule has 0 amide bonds. The molecular weight excluding hydrogens is 232 g/mol. The second-order valence-corrected chi connectivity index (χ2v) is 5.18. The van der Waals surface area contributed by atoms with Crippen LogP contribution in [0.5, 0.6) is 0 Å². The van der Waals surface area contributed by atoms with E-state index in [-0.39, 0.29) is 0 Å². The minimum Gasteiger partial charge on any atom is -0.445 e. The van der Waals surface area contributed by atoms with Gasteiger partial charge in [0.25, 0.3) is 0 Å². The van der Waals surface area contributed by atoms with Gasteiger partial charge in [0.1, 0.15) is 5.76 Å². The van der Waals surface area contributed by atoms with Gasteiger partial charge in [-0.1, -0.05) is 23.1 Å². The lowest BCUT2D eigenvalue weighted by Gasteiger charge is -1.90. The van der Waals surface area contributed by atoms with Gasteiger partial charge in [0.2, 0.25) is 11.0 Å². The van der Waals surface area contributed by atoms with Crippen LogP contribution in [0.2, 0.25) is 0 Å². The van der Waals surface area contributed by atoms with Crippen LogP contribution in [0, 0.1) is 13.8 Å². The molecule has 80 valence electrons. The van der Waals surface area contributed by atoms with Gasteiger partial charge in [0, 0.05) is 0 Å². The van der Waals surface area contributed by atoms with Gasteiger partial charge in [-0.15, -0.1) is 10.2 Å².